The molecule has 0 amide bonds. The third-order valence-electron chi connectivity index (χ3n) is 3.57. The molecule has 0 aromatic heterocycles. The maximum absolute atomic E-state index is 8.81. The Kier molecular flexibility index (Phi) is 15.8. The lowest BCUT2D eigenvalue weighted by atomic mass is 10.1. The summed E-state index contributed by atoms with van der Waals surface area (Å²) in [5, 5.41) is 8.81. The Bertz CT molecular complexity index is 165. The molecule has 0 saturated carbocycles. The minimum atomic E-state index is 0.0450. The third-order valence-corrected chi connectivity index (χ3v) is 3.57. The van der Waals surface area contributed by atoms with Crippen molar-refractivity contribution in [2.45, 2.75) is 83.7 Å². The molecule has 1 atom stereocenters. The van der Waals surface area contributed by atoms with E-state index >= 15 is 0 Å². The molecule has 0 saturated heterocycles. The Labute approximate surface area is 119 Å². The predicted octanol–water partition coefficient (Wildman–Crippen LogP) is 3.63. The lowest BCUT2D eigenvalue weighted by Crippen LogP contribution is -2.25. The SMILES string of the molecule is CCCCCCCCCCCCOC(CN)CCO. The van der Waals surface area contributed by atoms with Crippen LogP contribution in [0.5, 0.6) is 0 Å². The lowest BCUT2D eigenvalue weighted by molar-refractivity contribution is 0.0391. The second-order valence-corrected chi connectivity index (χ2v) is 5.42. The highest BCUT2D eigenvalue weighted by Gasteiger charge is 2.04. The van der Waals surface area contributed by atoms with Crippen molar-refractivity contribution in [3.05, 3.63) is 0 Å². The van der Waals surface area contributed by atoms with Gasteiger partial charge in [-0.15, -0.1) is 0 Å². The van der Waals surface area contributed by atoms with Gasteiger partial charge in [-0.2, -0.15) is 0 Å². The van der Waals surface area contributed by atoms with Crippen molar-refractivity contribution in [1.82, 2.24) is 0 Å². The summed E-state index contributed by atoms with van der Waals surface area (Å²) < 4.78 is 5.62. The van der Waals surface area contributed by atoms with E-state index in [0.29, 0.717) is 13.0 Å². The molecule has 19 heavy (non-hydrogen) atoms. The number of rotatable bonds is 15. The highest BCUT2D eigenvalue weighted by molar-refractivity contribution is 4.57. The van der Waals surface area contributed by atoms with Gasteiger partial charge in [-0.05, 0) is 12.8 Å². The van der Waals surface area contributed by atoms with Crippen LogP contribution in [-0.4, -0.2) is 31.0 Å². The molecule has 3 N–H and O–H groups in total. The van der Waals surface area contributed by atoms with Gasteiger partial charge in [0.1, 0.15) is 0 Å². The van der Waals surface area contributed by atoms with E-state index in [4.69, 9.17) is 15.6 Å². The number of hydrogen-bond acceptors (Lipinski definition) is 3. The lowest BCUT2D eigenvalue weighted by Gasteiger charge is -2.14. The van der Waals surface area contributed by atoms with Crippen LogP contribution in [0.4, 0.5) is 0 Å². The molecule has 0 bridgehead atoms. The Morgan fingerprint density at radius 3 is 1.89 bits per heavy atom. The zero-order valence-corrected chi connectivity index (χ0v) is 12.9. The standard InChI is InChI=1S/C16H35NO2/c1-2-3-4-5-6-7-8-9-10-11-14-19-16(15-17)12-13-18/h16,18H,2-15,17H2,1H3. The monoisotopic (exact) mass is 273 g/mol. The van der Waals surface area contributed by atoms with Gasteiger partial charge in [0, 0.05) is 19.8 Å². The van der Waals surface area contributed by atoms with Gasteiger partial charge in [-0.3, -0.25) is 0 Å². The van der Waals surface area contributed by atoms with Crippen molar-refractivity contribution in [1.29, 1.82) is 0 Å². The topological polar surface area (TPSA) is 55.5 Å². The van der Waals surface area contributed by atoms with Crippen LogP contribution >= 0.6 is 0 Å². The molecule has 0 aliphatic rings. The molecule has 3 heteroatoms. The van der Waals surface area contributed by atoms with Gasteiger partial charge in [-0.25, -0.2) is 0 Å². The number of nitrogens with two attached hydrogens (primary N) is 1. The summed E-state index contributed by atoms with van der Waals surface area (Å²) in [6.07, 6.45) is 14.1. The van der Waals surface area contributed by atoms with Crippen LogP contribution in [0.1, 0.15) is 77.6 Å². The van der Waals surface area contributed by atoms with Crippen LogP contribution < -0.4 is 5.73 Å². The fraction of sp³-hybridized carbons (Fsp3) is 1.00. The van der Waals surface area contributed by atoms with Crippen molar-refractivity contribution in [2.75, 3.05) is 19.8 Å². The molecule has 0 radical (unpaired) electrons. The van der Waals surface area contributed by atoms with Crippen molar-refractivity contribution in [3.63, 3.8) is 0 Å². The second-order valence-electron chi connectivity index (χ2n) is 5.42. The minimum absolute atomic E-state index is 0.0450. The van der Waals surface area contributed by atoms with Crippen molar-refractivity contribution in [3.8, 4) is 0 Å². The van der Waals surface area contributed by atoms with E-state index in [1.807, 2.05) is 0 Å². The number of aliphatic hydroxyl groups is 1. The molecule has 0 aromatic carbocycles. The number of unbranched alkanes of at least 4 members (excludes halogenated alkanes) is 9. The van der Waals surface area contributed by atoms with Crippen molar-refractivity contribution >= 4 is 0 Å². The van der Waals surface area contributed by atoms with Crippen LogP contribution in [0.15, 0.2) is 0 Å². The second kappa shape index (κ2) is 15.9. The Morgan fingerprint density at radius 1 is 0.895 bits per heavy atom. The van der Waals surface area contributed by atoms with Crippen LogP contribution in [0.25, 0.3) is 0 Å². The number of hydrogen-bond donors (Lipinski definition) is 2. The molecule has 0 spiro atoms. The van der Waals surface area contributed by atoms with Gasteiger partial charge in [0.15, 0.2) is 0 Å². The average Bonchev–Trinajstić information content (AvgIpc) is 2.43. The largest absolute Gasteiger partial charge is 0.396 e. The van der Waals surface area contributed by atoms with E-state index in [1.165, 1.54) is 57.8 Å². The van der Waals surface area contributed by atoms with Crippen LogP contribution in [0.3, 0.4) is 0 Å². The van der Waals surface area contributed by atoms with E-state index in [1.54, 1.807) is 0 Å². The molecule has 0 aliphatic carbocycles. The van der Waals surface area contributed by atoms with Gasteiger partial charge in [0.25, 0.3) is 0 Å². The van der Waals surface area contributed by atoms with Crippen molar-refractivity contribution in [2.24, 2.45) is 5.73 Å². The molecular weight excluding hydrogens is 238 g/mol. The predicted molar refractivity (Wildman–Crippen MR) is 82.3 cm³/mol. The first kappa shape index (κ1) is 18.9. The molecule has 0 heterocycles. The van der Waals surface area contributed by atoms with Crippen LogP contribution in [0.2, 0.25) is 0 Å². The van der Waals surface area contributed by atoms with E-state index in [2.05, 4.69) is 6.92 Å². The maximum Gasteiger partial charge on any atom is 0.0719 e. The van der Waals surface area contributed by atoms with Gasteiger partial charge >= 0.3 is 0 Å². The van der Waals surface area contributed by atoms with E-state index < -0.39 is 0 Å². The molecule has 0 fully saturated rings. The summed E-state index contributed by atoms with van der Waals surface area (Å²) in [7, 11) is 0. The quantitative estimate of drug-likeness (QED) is 0.448. The Hall–Kier alpha value is -0.120. The van der Waals surface area contributed by atoms with Crippen molar-refractivity contribution < 1.29 is 9.84 Å². The summed E-state index contributed by atoms with van der Waals surface area (Å²) in [6, 6.07) is 0. The van der Waals surface area contributed by atoms with E-state index in [0.717, 1.165) is 13.0 Å². The fourth-order valence-corrected chi connectivity index (χ4v) is 2.25. The summed E-state index contributed by atoms with van der Waals surface area (Å²) >= 11 is 0. The Morgan fingerprint density at radius 2 is 1.42 bits per heavy atom. The average molecular weight is 273 g/mol. The highest BCUT2D eigenvalue weighted by Crippen LogP contribution is 2.10. The minimum Gasteiger partial charge on any atom is -0.396 e. The molecule has 0 aliphatic heterocycles. The Balaban J connectivity index is 3.09. The van der Waals surface area contributed by atoms with Gasteiger partial charge < -0.3 is 15.6 Å². The highest BCUT2D eigenvalue weighted by atomic mass is 16.5. The summed E-state index contributed by atoms with van der Waals surface area (Å²) in [4.78, 5) is 0. The summed E-state index contributed by atoms with van der Waals surface area (Å²) in [5.41, 5.74) is 5.55. The molecular formula is C16H35NO2. The molecule has 116 valence electrons. The van der Waals surface area contributed by atoms with Crippen LogP contribution in [-0.2, 0) is 4.74 Å². The first-order chi connectivity index (χ1) is 9.35. The van der Waals surface area contributed by atoms with Gasteiger partial charge in [0.05, 0.1) is 6.10 Å². The number of aliphatic hydroxyl groups excluding tert-OH is 1. The first-order valence-electron chi connectivity index (χ1n) is 8.27. The first-order valence-corrected chi connectivity index (χ1v) is 8.27. The normalized spacial score (nSPS) is 12.8. The fourth-order valence-electron chi connectivity index (χ4n) is 2.25. The maximum atomic E-state index is 8.81. The van der Waals surface area contributed by atoms with Gasteiger partial charge in [0.2, 0.25) is 0 Å². The summed E-state index contributed by atoms with van der Waals surface area (Å²) in [5.74, 6) is 0. The third kappa shape index (κ3) is 14.1. The molecule has 0 rings (SSSR count). The molecule has 1 unspecified atom stereocenters. The van der Waals surface area contributed by atoms with Gasteiger partial charge in [-0.1, -0.05) is 64.7 Å². The zero-order chi connectivity index (χ0) is 14.2. The van der Waals surface area contributed by atoms with E-state index in [-0.39, 0.29) is 12.7 Å². The zero-order valence-electron chi connectivity index (χ0n) is 12.9. The number of ether oxygens (including phenoxy) is 1. The summed E-state index contributed by atoms with van der Waals surface area (Å²) in [6.45, 7) is 3.73. The molecule has 0 aromatic rings. The van der Waals surface area contributed by atoms with Crippen LogP contribution in [0, 0.1) is 0 Å². The molecule has 3 nitrogen and oxygen atoms in total. The smallest absolute Gasteiger partial charge is 0.0719 e. The van der Waals surface area contributed by atoms with E-state index in [9.17, 15) is 0 Å².